The molecule has 0 aliphatic heterocycles. The third-order valence-electron chi connectivity index (χ3n) is 3.52. The van der Waals surface area contributed by atoms with E-state index in [1.165, 1.54) is 7.11 Å². The van der Waals surface area contributed by atoms with E-state index in [2.05, 4.69) is 34.4 Å². The van der Waals surface area contributed by atoms with Gasteiger partial charge < -0.3 is 15.4 Å². The number of hydrogen-bond donors (Lipinski definition) is 2. The van der Waals surface area contributed by atoms with E-state index in [-0.39, 0.29) is 0 Å². The molecule has 1 aromatic carbocycles. The van der Waals surface area contributed by atoms with Gasteiger partial charge in [0.1, 0.15) is 17.5 Å². The van der Waals surface area contributed by atoms with Crippen LogP contribution >= 0.6 is 11.6 Å². The second kappa shape index (κ2) is 8.67. The fourth-order valence-electron chi connectivity index (χ4n) is 2.22. The monoisotopic (exact) mass is 362 g/mol. The molecule has 0 unspecified atom stereocenters. The topological polar surface area (TPSA) is 76.1 Å². The zero-order valence-electron chi connectivity index (χ0n) is 14.9. The highest BCUT2D eigenvalue weighted by Crippen LogP contribution is 2.27. The zero-order chi connectivity index (χ0) is 18.4. The van der Waals surface area contributed by atoms with Gasteiger partial charge in [-0.2, -0.15) is 0 Å². The molecule has 0 fully saturated rings. The van der Waals surface area contributed by atoms with Crippen LogP contribution in [-0.4, -0.2) is 29.6 Å². The van der Waals surface area contributed by atoms with Gasteiger partial charge in [0.15, 0.2) is 0 Å². The molecule has 25 heavy (non-hydrogen) atoms. The van der Waals surface area contributed by atoms with Crippen molar-refractivity contribution in [2.45, 2.75) is 27.2 Å². The van der Waals surface area contributed by atoms with E-state index in [1.54, 1.807) is 18.2 Å². The lowest BCUT2D eigenvalue weighted by Crippen LogP contribution is -2.08. The van der Waals surface area contributed by atoms with Crippen LogP contribution in [0.2, 0.25) is 5.02 Å². The Morgan fingerprint density at radius 2 is 1.96 bits per heavy atom. The van der Waals surface area contributed by atoms with Crippen LogP contribution < -0.4 is 10.6 Å². The maximum absolute atomic E-state index is 11.7. The molecule has 134 valence electrons. The fourth-order valence-corrected chi connectivity index (χ4v) is 2.38. The van der Waals surface area contributed by atoms with Gasteiger partial charge in [0.2, 0.25) is 0 Å². The summed E-state index contributed by atoms with van der Waals surface area (Å²) in [5.74, 6) is 2.18. The third-order valence-corrected chi connectivity index (χ3v) is 3.85. The summed E-state index contributed by atoms with van der Waals surface area (Å²) in [6, 6.07) is 6.71. The average molecular weight is 363 g/mol. The van der Waals surface area contributed by atoms with Gasteiger partial charge in [-0.15, -0.1) is 0 Å². The normalized spacial score (nSPS) is 10.6. The molecular formula is C18H23ClN4O2. The molecule has 0 aliphatic rings. The number of hydrogen-bond acceptors (Lipinski definition) is 6. The number of nitrogens with one attached hydrogen (secondary N) is 2. The highest BCUT2D eigenvalue weighted by Gasteiger charge is 2.10. The number of anilines is 3. The summed E-state index contributed by atoms with van der Waals surface area (Å²) in [5.41, 5.74) is 0.992. The van der Waals surface area contributed by atoms with Gasteiger partial charge in [0, 0.05) is 12.6 Å². The quantitative estimate of drug-likeness (QED) is 0.710. The Balaban J connectivity index is 2.19. The lowest BCUT2D eigenvalue weighted by molar-refractivity contribution is 0.0601. The van der Waals surface area contributed by atoms with E-state index in [1.807, 2.05) is 13.0 Å². The largest absolute Gasteiger partial charge is 0.465 e. The van der Waals surface area contributed by atoms with Gasteiger partial charge in [-0.05, 0) is 37.5 Å². The van der Waals surface area contributed by atoms with Crippen molar-refractivity contribution in [3.63, 3.8) is 0 Å². The molecule has 0 atom stereocenters. The van der Waals surface area contributed by atoms with E-state index >= 15 is 0 Å². The minimum Gasteiger partial charge on any atom is -0.465 e. The van der Waals surface area contributed by atoms with Gasteiger partial charge in [0.25, 0.3) is 0 Å². The van der Waals surface area contributed by atoms with Crippen molar-refractivity contribution >= 4 is 34.9 Å². The summed E-state index contributed by atoms with van der Waals surface area (Å²) in [6.07, 6.45) is 1.05. The molecular weight excluding hydrogens is 340 g/mol. The number of carbonyl (C=O) groups is 1. The first-order chi connectivity index (χ1) is 11.9. The van der Waals surface area contributed by atoms with Crippen molar-refractivity contribution in [2.75, 3.05) is 24.3 Å². The maximum atomic E-state index is 11.7. The van der Waals surface area contributed by atoms with Crippen molar-refractivity contribution in [1.82, 2.24) is 9.97 Å². The fraction of sp³-hybridized carbons (Fsp3) is 0.389. The van der Waals surface area contributed by atoms with Crippen LogP contribution in [0.4, 0.5) is 17.3 Å². The summed E-state index contributed by atoms with van der Waals surface area (Å²) in [7, 11) is 1.34. The van der Waals surface area contributed by atoms with Crippen molar-refractivity contribution in [3.05, 3.63) is 40.7 Å². The molecule has 2 N–H and O–H groups in total. The molecule has 2 aromatic rings. The molecule has 0 aliphatic carbocycles. The van der Waals surface area contributed by atoms with E-state index in [0.717, 1.165) is 18.8 Å². The number of nitrogens with zero attached hydrogens (tertiary/aromatic N) is 2. The van der Waals surface area contributed by atoms with Gasteiger partial charge in [-0.3, -0.25) is 0 Å². The Morgan fingerprint density at radius 1 is 1.24 bits per heavy atom. The highest BCUT2D eigenvalue weighted by molar-refractivity contribution is 6.33. The second-order valence-electron chi connectivity index (χ2n) is 6.11. The predicted molar refractivity (Wildman–Crippen MR) is 101 cm³/mol. The standard InChI is InChI=1S/C18H23ClN4O2/c1-11(2)7-8-20-16-10-17(22-12(3)21-16)23-15-9-13(18(24)25-4)5-6-14(15)19/h5-6,9-11H,7-8H2,1-4H3,(H2,20,21,22,23). The zero-order valence-corrected chi connectivity index (χ0v) is 15.6. The summed E-state index contributed by atoms with van der Waals surface area (Å²) < 4.78 is 4.74. The number of esters is 1. The van der Waals surface area contributed by atoms with E-state index in [9.17, 15) is 4.79 Å². The van der Waals surface area contributed by atoms with E-state index in [4.69, 9.17) is 16.3 Å². The number of ether oxygens (including phenoxy) is 1. The number of methoxy groups -OCH3 is 1. The summed E-state index contributed by atoms with van der Waals surface area (Å²) in [5, 5.41) is 6.92. The molecule has 7 heteroatoms. The lowest BCUT2D eigenvalue weighted by Gasteiger charge is -2.12. The highest BCUT2D eigenvalue weighted by atomic mass is 35.5. The van der Waals surface area contributed by atoms with Crippen LogP contribution in [0, 0.1) is 12.8 Å². The minimum atomic E-state index is -0.422. The van der Waals surface area contributed by atoms with E-state index < -0.39 is 5.97 Å². The van der Waals surface area contributed by atoms with Crippen LogP contribution in [0.5, 0.6) is 0 Å². The van der Waals surface area contributed by atoms with Gasteiger partial charge in [-0.25, -0.2) is 14.8 Å². The maximum Gasteiger partial charge on any atom is 0.337 e. The first kappa shape index (κ1) is 19.0. The molecule has 0 amide bonds. The molecule has 0 spiro atoms. The Labute approximate surface area is 153 Å². The van der Waals surface area contributed by atoms with Crippen molar-refractivity contribution in [2.24, 2.45) is 5.92 Å². The van der Waals surface area contributed by atoms with E-state index in [0.29, 0.717) is 33.8 Å². The van der Waals surface area contributed by atoms with Crippen molar-refractivity contribution < 1.29 is 9.53 Å². The number of carbonyl (C=O) groups excluding carboxylic acids is 1. The van der Waals surface area contributed by atoms with Gasteiger partial charge in [-0.1, -0.05) is 25.4 Å². The molecule has 0 saturated heterocycles. The van der Waals surface area contributed by atoms with Crippen LogP contribution in [0.1, 0.15) is 36.5 Å². The smallest absolute Gasteiger partial charge is 0.337 e. The Bertz CT molecular complexity index is 750. The molecule has 0 saturated carbocycles. The van der Waals surface area contributed by atoms with Gasteiger partial charge in [0.05, 0.1) is 23.4 Å². The van der Waals surface area contributed by atoms with Crippen LogP contribution in [0.25, 0.3) is 0 Å². The van der Waals surface area contributed by atoms with Crippen molar-refractivity contribution in [3.8, 4) is 0 Å². The third kappa shape index (κ3) is 5.60. The number of aromatic nitrogens is 2. The minimum absolute atomic E-state index is 0.412. The lowest BCUT2D eigenvalue weighted by atomic mass is 10.1. The van der Waals surface area contributed by atoms with Crippen LogP contribution in [-0.2, 0) is 4.74 Å². The second-order valence-corrected chi connectivity index (χ2v) is 6.51. The molecule has 1 aromatic heterocycles. The number of halogens is 1. The molecule has 6 nitrogen and oxygen atoms in total. The number of rotatable bonds is 7. The summed E-state index contributed by atoms with van der Waals surface area (Å²) >= 11 is 6.22. The number of aryl methyl sites for hydroxylation is 1. The molecule has 1 heterocycles. The van der Waals surface area contributed by atoms with Gasteiger partial charge >= 0.3 is 5.97 Å². The Morgan fingerprint density at radius 3 is 2.64 bits per heavy atom. The molecule has 0 bridgehead atoms. The van der Waals surface area contributed by atoms with Crippen LogP contribution in [0.15, 0.2) is 24.3 Å². The Kier molecular flexibility index (Phi) is 6.58. The SMILES string of the molecule is COC(=O)c1ccc(Cl)c(Nc2cc(NCCC(C)C)nc(C)n2)c1. The predicted octanol–water partition coefficient (Wildman–Crippen LogP) is 4.43. The first-order valence-electron chi connectivity index (χ1n) is 8.13. The summed E-state index contributed by atoms with van der Waals surface area (Å²) in [4.78, 5) is 20.4. The molecule has 0 radical (unpaired) electrons. The van der Waals surface area contributed by atoms with Crippen molar-refractivity contribution in [1.29, 1.82) is 0 Å². The first-order valence-corrected chi connectivity index (χ1v) is 8.51. The van der Waals surface area contributed by atoms with Crippen LogP contribution in [0.3, 0.4) is 0 Å². The Hall–Kier alpha value is -2.34. The summed E-state index contributed by atoms with van der Waals surface area (Å²) in [6.45, 7) is 7.02. The average Bonchev–Trinajstić information content (AvgIpc) is 2.55. The number of benzene rings is 1. The molecule has 2 rings (SSSR count).